The van der Waals surface area contributed by atoms with Gasteiger partial charge in [-0.2, -0.15) is 0 Å². The topological polar surface area (TPSA) is 44.4 Å². The van der Waals surface area contributed by atoms with E-state index < -0.39 is 0 Å². The van der Waals surface area contributed by atoms with Crippen molar-refractivity contribution in [3.63, 3.8) is 0 Å². The number of rotatable bonds is 5. The summed E-state index contributed by atoms with van der Waals surface area (Å²) in [6.45, 7) is 4.20. The normalized spacial score (nSPS) is 20.0. The fraction of sp³-hybridized carbons (Fsp3) is 0.588. The highest BCUT2D eigenvalue weighted by Gasteiger charge is 2.25. The zero-order valence-corrected chi connectivity index (χ0v) is 12.8. The first-order valence-corrected chi connectivity index (χ1v) is 8.14. The van der Waals surface area contributed by atoms with Gasteiger partial charge in [0.2, 0.25) is 5.91 Å². The maximum absolute atomic E-state index is 12.0. The number of nitrogens with one attached hydrogen (secondary N) is 2. The Morgan fingerprint density at radius 3 is 2.71 bits per heavy atom. The lowest BCUT2D eigenvalue weighted by atomic mass is 10.1. The van der Waals surface area contributed by atoms with Gasteiger partial charge in [-0.15, -0.1) is 0 Å². The van der Waals surface area contributed by atoms with Crippen LogP contribution >= 0.6 is 0 Å². The Kier molecular flexibility index (Phi) is 4.32. The zero-order chi connectivity index (χ0) is 14.7. The van der Waals surface area contributed by atoms with E-state index in [1.54, 1.807) is 0 Å². The molecule has 1 aromatic carbocycles. The third-order valence-electron chi connectivity index (χ3n) is 4.27. The van der Waals surface area contributed by atoms with Gasteiger partial charge in [0.05, 0.1) is 0 Å². The van der Waals surface area contributed by atoms with Crippen molar-refractivity contribution in [2.24, 2.45) is 0 Å². The first-order valence-electron chi connectivity index (χ1n) is 8.14. The van der Waals surface area contributed by atoms with Crippen LogP contribution in [0.25, 0.3) is 0 Å². The van der Waals surface area contributed by atoms with Crippen LogP contribution in [-0.2, 0) is 4.79 Å². The number of anilines is 2. The van der Waals surface area contributed by atoms with E-state index in [1.165, 1.54) is 24.9 Å². The summed E-state index contributed by atoms with van der Waals surface area (Å²) < 4.78 is 0. The molecule has 3 rings (SSSR count). The minimum atomic E-state index is -0.192. The molecule has 1 saturated carbocycles. The van der Waals surface area contributed by atoms with Crippen molar-refractivity contribution in [1.82, 2.24) is 5.32 Å². The van der Waals surface area contributed by atoms with E-state index in [1.807, 2.05) is 13.0 Å². The summed E-state index contributed by atoms with van der Waals surface area (Å²) in [6.07, 6.45) is 6.15. The Hall–Kier alpha value is -1.71. The molecule has 1 atom stereocenters. The fourth-order valence-electron chi connectivity index (χ4n) is 2.81. The lowest BCUT2D eigenvalue weighted by Gasteiger charge is -2.29. The molecule has 1 heterocycles. The average molecular weight is 287 g/mol. The van der Waals surface area contributed by atoms with Gasteiger partial charge in [0.1, 0.15) is 6.04 Å². The van der Waals surface area contributed by atoms with Crippen LogP contribution in [0.5, 0.6) is 0 Å². The summed E-state index contributed by atoms with van der Waals surface area (Å²) in [5.41, 5.74) is 2.28. The molecule has 0 aromatic heterocycles. The molecule has 2 aliphatic rings. The summed E-state index contributed by atoms with van der Waals surface area (Å²) in [4.78, 5) is 14.4. The minimum absolute atomic E-state index is 0.0980. The van der Waals surface area contributed by atoms with Crippen LogP contribution in [0.1, 0.15) is 39.0 Å². The molecule has 2 N–H and O–H groups in total. The van der Waals surface area contributed by atoms with Crippen molar-refractivity contribution in [3.8, 4) is 0 Å². The van der Waals surface area contributed by atoms with Crippen molar-refractivity contribution in [3.05, 3.63) is 24.3 Å². The van der Waals surface area contributed by atoms with Crippen molar-refractivity contribution >= 4 is 17.3 Å². The summed E-state index contributed by atoms with van der Waals surface area (Å²) in [5.74, 6) is 0.0980. The highest BCUT2D eigenvalue weighted by molar-refractivity contribution is 5.84. The maximum atomic E-state index is 12.0. The van der Waals surface area contributed by atoms with Gasteiger partial charge in [-0.3, -0.25) is 4.79 Å². The number of hydrogen-bond acceptors (Lipinski definition) is 3. The number of hydrogen-bond donors (Lipinski definition) is 2. The Labute approximate surface area is 126 Å². The maximum Gasteiger partial charge on any atom is 0.242 e. The molecule has 1 unspecified atom stereocenters. The summed E-state index contributed by atoms with van der Waals surface area (Å²) >= 11 is 0. The van der Waals surface area contributed by atoms with Gasteiger partial charge in [0.25, 0.3) is 0 Å². The number of nitrogens with zero attached hydrogens (tertiary/aromatic N) is 1. The van der Waals surface area contributed by atoms with Gasteiger partial charge >= 0.3 is 0 Å². The molecule has 1 aliphatic carbocycles. The SMILES string of the molecule is CC(Nc1cccc(N2CCCCC2)c1)C(=O)NC1CC1. The largest absolute Gasteiger partial charge is 0.374 e. The second-order valence-electron chi connectivity index (χ2n) is 6.25. The van der Waals surface area contributed by atoms with E-state index in [-0.39, 0.29) is 11.9 Å². The molecule has 2 fully saturated rings. The summed E-state index contributed by atoms with van der Waals surface area (Å²) in [6, 6.07) is 8.65. The molecule has 1 amide bonds. The molecule has 1 aromatic rings. The molecule has 4 nitrogen and oxygen atoms in total. The highest BCUT2D eigenvalue weighted by Crippen LogP contribution is 2.23. The first kappa shape index (κ1) is 14.2. The molecule has 0 spiro atoms. The predicted octanol–water partition coefficient (Wildman–Crippen LogP) is 2.76. The lowest BCUT2D eigenvalue weighted by molar-refractivity contribution is -0.121. The van der Waals surface area contributed by atoms with E-state index >= 15 is 0 Å². The molecule has 0 bridgehead atoms. The second kappa shape index (κ2) is 6.37. The lowest BCUT2D eigenvalue weighted by Crippen LogP contribution is -2.38. The highest BCUT2D eigenvalue weighted by atomic mass is 16.2. The van der Waals surface area contributed by atoms with Crippen LogP contribution in [0.4, 0.5) is 11.4 Å². The van der Waals surface area contributed by atoms with Crippen molar-refractivity contribution in [1.29, 1.82) is 0 Å². The van der Waals surface area contributed by atoms with Crippen LogP contribution in [0, 0.1) is 0 Å². The number of benzene rings is 1. The van der Waals surface area contributed by atoms with Crippen LogP contribution in [0.3, 0.4) is 0 Å². The minimum Gasteiger partial charge on any atom is -0.374 e. The smallest absolute Gasteiger partial charge is 0.242 e. The molecule has 21 heavy (non-hydrogen) atoms. The number of piperidine rings is 1. The Bertz CT molecular complexity index is 493. The molecule has 1 aliphatic heterocycles. The van der Waals surface area contributed by atoms with E-state index in [9.17, 15) is 4.79 Å². The molecular weight excluding hydrogens is 262 g/mol. The molecule has 1 saturated heterocycles. The van der Waals surface area contributed by atoms with Gasteiger partial charge in [-0.25, -0.2) is 0 Å². The summed E-state index contributed by atoms with van der Waals surface area (Å²) in [5, 5.41) is 6.36. The fourth-order valence-corrected chi connectivity index (χ4v) is 2.81. The molecule has 4 heteroatoms. The second-order valence-corrected chi connectivity index (χ2v) is 6.25. The van der Waals surface area contributed by atoms with Crippen LogP contribution in [-0.4, -0.2) is 31.1 Å². The Morgan fingerprint density at radius 2 is 2.00 bits per heavy atom. The third-order valence-corrected chi connectivity index (χ3v) is 4.27. The van der Waals surface area contributed by atoms with Crippen molar-refractivity contribution in [2.45, 2.75) is 51.1 Å². The third kappa shape index (κ3) is 3.90. The van der Waals surface area contributed by atoms with E-state index in [4.69, 9.17) is 0 Å². The quantitative estimate of drug-likeness (QED) is 0.875. The monoisotopic (exact) mass is 287 g/mol. The van der Waals surface area contributed by atoms with Crippen LogP contribution in [0.15, 0.2) is 24.3 Å². The zero-order valence-electron chi connectivity index (χ0n) is 12.8. The predicted molar refractivity (Wildman–Crippen MR) is 86.8 cm³/mol. The van der Waals surface area contributed by atoms with Gasteiger partial charge < -0.3 is 15.5 Å². The van der Waals surface area contributed by atoms with Crippen molar-refractivity contribution in [2.75, 3.05) is 23.3 Å². The van der Waals surface area contributed by atoms with Gasteiger partial charge in [-0.05, 0) is 57.2 Å². The van der Waals surface area contributed by atoms with Crippen LogP contribution in [0.2, 0.25) is 0 Å². The standard InChI is InChI=1S/C17H25N3O/c1-13(17(21)19-14-8-9-14)18-15-6-5-7-16(12-15)20-10-3-2-4-11-20/h5-7,12-14,18H,2-4,8-11H2,1H3,(H,19,21). The van der Waals surface area contributed by atoms with E-state index in [0.717, 1.165) is 31.6 Å². The van der Waals surface area contributed by atoms with Gasteiger partial charge in [0.15, 0.2) is 0 Å². The molecular formula is C17H25N3O. The average Bonchev–Trinajstić information content (AvgIpc) is 3.32. The van der Waals surface area contributed by atoms with Crippen molar-refractivity contribution < 1.29 is 4.79 Å². The Morgan fingerprint density at radius 1 is 1.24 bits per heavy atom. The molecule has 114 valence electrons. The van der Waals surface area contributed by atoms with E-state index in [0.29, 0.717) is 6.04 Å². The molecule has 0 radical (unpaired) electrons. The Balaban J connectivity index is 1.60. The number of amides is 1. The number of carbonyl (C=O) groups is 1. The first-order chi connectivity index (χ1) is 10.2. The van der Waals surface area contributed by atoms with Crippen LogP contribution < -0.4 is 15.5 Å². The summed E-state index contributed by atoms with van der Waals surface area (Å²) in [7, 11) is 0. The van der Waals surface area contributed by atoms with Gasteiger partial charge in [0, 0.05) is 30.5 Å². The number of carbonyl (C=O) groups excluding carboxylic acids is 1. The van der Waals surface area contributed by atoms with E-state index in [2.05, 4.69) is 33.7 Å². The van der Waals surface area contributed by atoms with Gasteiger partial charge in [-0.1, -0.05) is 6.07 Å².